The van der Waals surface area contributed by atoms with Crippen molar-refractivity contribution in [1.82, 2.24) is 5.32 Å². The Morgan fingerprint density at radius 2 is 2.11 bits per heavy atom. The summed E-state index contributed by atoms with van der Waals surface area (Å²) in [5.41, 5.74) is 2.17. The van der Waals surface area contributed by atoms with E-state index in [1.54, 1.807) is 6.07 Å². The minimum absolute atomic E-state index is 0.107. The first-order valence-electron chi connectivity index (χ1n) is 6.90. The minimum atomic E-state index is -0.177. The number of nitrogens with one attached hydrogen (secondary N) is 1. The molecule has 19 heavy (non-hydrogen) atoms. The van der Waals surface area contributed by atoms with Gasteiger partial charge in [-0.15, -0.1) is 0 Å². The van der Waals surface area contributed by atoms with Crippen LogP contribution in [0.5, 0.6) is 0 Å². The maximum absolute atomic E-state index is 13.1. The molecule has 2 rings (SSSR count). The molecule has 0 aliphatic carbocycles. The van der Waals surface area contributed by atoms with Crippen molar-refractivity contribution < 1.29 is 13.9 Å². The van der Waals surface area contributed by atoms with Gasteiger partial charge in [-0.3, -0.25) is 0 Å². The molecule has 1 aromatic carbocycles. The highest BCUT2D eigenvalue weighted by Gasteiger charge is 2.21. The summed E-state index contributed by atoms with van der Waals surface area (Å²) in [5.74, 6) is -0.177. The van der Waals surface area contributed by atoms with Crippen molar-refractivity contribution in [2.75, 3.05) is 19.8 Å². The lowest BCUT2D eigenvalue weighted by Gasteiger charge is -2.21. The van der Waals surface area contributed by atoms with E-state index < -0.39 is 0 Å². The molecule has 106 valence electrons. The summed E-state index contributed by atoms with van der Waals surface area (Å²) in [4.78, 5) is 0. The molecule has 1 atom stereocenters. The molecule has 0 radical (unpaired) electrons. The molecule has 1 aromatic rings. The van der Waals surface area contributed by atoms with Gasteiger partial charge in [-0.25, -0.2) is 4.39 Å². The van der Waals surface area contributed by atoms with Gasteiger partial charge in [0, 0.05) is 12.5 Å². The van der Waals surface area contributed by atoms with E-state index in [-0.39, 0.29) is 18.1 Å². The van der Waals surface area contributed by atoms with Crippen molar-refractivity contribution in [2.24, 2.45) is 0 Å². The van der Waals surface area contributed by atoms with Crippen LogP contribution >= 0.6 is 0 Å². The average Bonchev–Trinajstić information content (AvgIpc) is 2.86. The van der Waals surface area contributed by atoms with E-state index in [9.17, 15) is 4.39 Å². The number of benzene rings is 1. The summed E-state index contributed by atoms with van der Waals surface area (Å²) >= 11 is 0. The molecule has 0 aromatic heterocycles. The van der Waals surface area contributed by atoms with Crippen LogP contribution in [0.3, 0.4) is 0 Å². The molecule has 1 saturated heterocycles. The summed E-state index contributed by atoms with van der Waals surface area (Å²) < 4.78 is 24.1. The third-order valence-electron chi connectivity index (χ3n) is 3.43. The Morgan fingerprint density at radius 1 is 1.37 bits per heavy atom. The van der Waals surface area contributed by atoms with Crippen LogP contribution < -0.4 is 5.32 Å². The van der Waals surface area contributed by atoms with Crippen LogP contribution in [-0.2, 0) is 15.9 Å². The first-order chi connectivity index (χ1) is 9.19. The van der Waals surface area contributed by atoms with E-state index in [1.165, 1.54) is 11.6 Å². The second-order valence-corrected chi connectivity index (χ2v) is 4.94. The Balaban J connectivity index is 1.98. The van der Waals surface area contributed by atoms with Crippen LogP contribution in [0.2, 0.25) is 0 Å². The number of halogens is 1. The fourth-order valence-corrected chi connectivity index (χ4v) is 2.46. The summed E-state index contributed by atoms with van der Waals surface area (Å²) in [5, 5.41) is 3.45. The Morgan fingerprint density at radius 3 is 2.74 bits per heavy atom. The number of likely N-dealkylation sites (N-methyl/N-ethyl adjacent to an activating group) is 1. The van der Waals surface area contributed by atoms with Crippen molar-refractivity contribution in [3.8, 4) is 0 Å². The predicted molar refractivity (Wildman–Crippen MR) is 72.6 cm³/mol. The molecule has 0 amide bonds. The van der Waals surface area contributed by atoms with E-state index in [4.69, 9.17) is 9.47 Å². The molecule has 0 bridgehead atoms. The molecule has 1 unspecified atom stereocenters. The van der Waals surface area contributed by atoms with Crippen LogP contribution in [0.25, 0.3) is 0 Å². The summed E-state index contributed by atoms with van der Waals surface area (Å²) in [6.45, 7) is 6.29. The minimum Gasteiger partial charge on any atom is -0.350 e. The van der Waals surface area contributed by atoms with Crippen molar-refractivity contribution in [3.63, 3.8) is 0 Å². The number of hydrogen-bond donors (Lipinski definition) is 1. The topological polar surface area (TPSA) is 30.5 Å². The van der Waals surface area contributed by atoms with Crippen molar-refractivity contribution in [2.45, 2.75) is 39.0 Å². The van der Waals surface area contributed by atoms with Gasteiger partial charge in [0.15, 0.2) is 6.29 Å². The molecular formula is C15H22FNO2. The SMILES string of the molecule is CCNC(Cc1ccc(F)cc1C)CC1OCCO1. The molecule has 3 nitrogen and oxygen atoms in total. The largest absolute Gasteiger partial charge is 0.350 e. The van der Waals surface area contributed by atoms with Crippen LogP contribution in [0.1, 0.15) is 24.5 Å². The van der Waals surface area contributed by atoms with Gasteiger partial charge in [0.2, 0.25) is 0 Å². The number of hydrogen-bond acceptors (Lipinski definition) is 3. The standard InChI is InChI=1S/C15H22FNO2/c1-3-17-14(10-15-18-6-7-19-15)9-12-4-5-13(16)8-11(12)2/h4-5,8,14-15,17H,3,6-7,9-10H2,1-2H3. The van der Waals surface area contributed by atoms with E-state index in [0.717, 1.165) is 24.9 Å². The molecule has 1 aliphatic heterocycles. The summed E-state index contributed by atoms with van der Waals surface area (Å²) in [6, 6.07) is 5.26. The van der Waals surface area contributed by atoms with E-state index in [1.807, 2.05) is 13.0 Å². The highest BCUT2D eigenvalue weighted by molar-refractivity contribution is 5.27. The maximum Gasteiger partial charge on any atom is 0.159 e. The monoisotopic (exact) mass is 267 g/mol. The Labute approximate surface area is 114 Å². The second kappa shape index (κ2) is 6.98. The lowest BCUT2D eigenvalue weighted by molar-refractivity contribution is -0.0525. The van der Waals surface area contributed by atoms with Crippen LogP contribution in [0.15, 0.2) is 18.2 Å². The highest BCUT2D eigenvalue weighted by atomic mass is 19.1. The second-order valence-electron chi connectivity index (χ2n) is 4.94. The average molecular weight is 267 g/mol. The Kier molecular flexibility index (Phi) is 5.31. The van der Waals surface area contributed by atoms with Gasteiger partial charge < -0.3 is 14.8 Å². The van der Waals surface area contributed by atoms with E-state index in [0.29, 0.717) is 13.2 Å². The van der Waals surface area contributed by atoms with Gasteiger partial charge in [-0.2, -0.15) is 0 Å². The molecule has 1 aliphatic rings. The van der Waals surface area contributed by atoms with Crippen molar-refractivity contribution >= 4 is 0 Å². The summed E-state index contributed by atoms with van der Waals surface area (Å²) in [7, 11) is 0. The fraction of sp³-hybridized carbons (Fsp3) is 0.600. The van der Waals surface area contributed by atoms with Crippen LogP contribution in [0.4, 0.5) is 4.39 Å². The van der Waals surface area contributed by atoms with E-state index >= 15 is 0 Å². The smallest absolute Gasteiger partial charge is 0.159 e. The molecule has 1 N–H and O–H groups in total. The normalized spacial score (nSPS) is 17.8. The fourth-order valence-electron chi connectivity index (χ4n) is 2.46. The van der Waals surface area contributed by atoms with Gasteiger partial charge >= 0.3 is 0 Å². The highest BCUT2D eigenvalue weighted by Crippen LogP contribution is 2.17. The number of ether oxygens (including phenoxy) is 2. The maximum atomic E-state index is 13.1. The van der Waals surface area contributed by atoms with E-state index in [2.05, 4.69) is 12.2 Å². The zero-order valence-electron chi connectivity index (χ0n) is 11.6. The van der Waals surface area contributed by atoms with Gasteiger partial charge in [-0.1, -0.05) is 13.0 Å². The lowest BCUT2D eigenvalue weighted by Crippen LogP contribution is -2.35. The molecule has 0 spiro atoms. The molecule has 4 heteroatoms. The third kappa shape index (κ3) is 4.27. The number of aryl methyl sites for hydroxylation is 1. The van der Waals surface area contributed by atoms with Gasteiger partial charge in [0.05, 0.1) is 13.2 Å². The first kappa shape index (κ1) is 14.4. The zero-order chi connectivity index (χ0) is 13.7. The number of rotatable bonds is 6. The van der Waals surface area contributed by atoms with Gasteiger partial charge in [0.25, 0.3) is 0 Å². The quantitative estimate of drug-likeness (QED) is 0.858. The Bertz CT molecular complexity index is 405. The lowest BCUT2D eigenvalue weighted by atomic mass is 9.99. The molecule has 1 fully saturated rings. The predicted octanol–water partition coefficient (Wildman–Crippen LogP) is 2.42. The molecule has 1 heterocycles. The summed E-state index contributed by atoms with van der Waals surface area (Å²) in [6.07, 6.45) is 1.58. The van der Waals surface area contributed by atoms with Crippen LogP contribution in [-0.4, -0.2) is 32.1 Å². The van der Waals surface area contributed by atoms with Crippen molar-refractivity contribution in [3.05, 3.63) is 35.1 Å². The van der Waals surface area contributed by atoms with Gasteiger partial charge in [-0.05, 0) is 43.1 Å². The van der Waals surface area contributed by atoms with Crippen LogP contribution in [0, 0.1) is 12.7 Å². The Hall–Kier alpha value is -0.970. The zero-order valence-corrected chi connectivity index (χ0v) is 11.6. The van der Waals surface area contributed by atoms with Crippen molar-refractivity contribution in [1.29, 1.82) is 0 Å². The molecule has 0 saturated carbocycles. The van der Waals surface area contributed by atoms with Gasteiger partial charge in [0.1, 0.15) is 5.82 Å². The molecular weight excluding hydrogens is 245 g/mol. The first-order valence-corrected chi connectivity index (χ1v) is 6.90. The third-order valence-corrected chi connectivity index (χ3v) is 3.43.